The van der Waals surface area contributed by atoms with Crippen LogP contribution >= 0.6 is 0 Å². The molecular formula is C16H28N2O2. The molecule has 2 rings (SSSR count). The van der Waals surface area contributed by atoms with E-state index in [1.807, 2.05) is 32.6 Å². The smallest absolute Gasteiger partial charge is 0.246 e. The fourth-order valence-electron chi connectivity index (χ4n) is 3.42. The Bertz CT molecular complexity index is 392. The minimum atomic E-state index is -0.347. The van der Waals surface area contributed by atoms with Crippen LogP contribution in [0.25, 0.3) is 0 Å². The zero-order chi connectivity index (χ0) is 15.0. The molecule has 0 aromatic carbocycles. The summed E-state index contributed by atoms with van der Waals surface area (Å²) in [5, 5.41) is 2.93. The van der Waals surface area contributed by atoms with E-state index in [2.05, 4.69) is 12.2 Å². The standard InChI is InChI=1S/C16H28N2O2/c1-6-7-11-8-12(11)18-14(10(4)5)15(19)17-13(9(2)3)16(18)20/h9-14H,6-8H2,1-5H3,(H,17,19). The van der Waals surface area contributed by atoms with Gasteiger partial charge < -0.3 is 10.2 Å². The minimum absolute atomic E-state index is 0.0282. The molecule has 20 heavy (non-hydrogen) atoms. The molecule has 2 amide bonds. The molecule has 4 nitrogen and oxygen atoms in total. The molecule has 4 atom stereocenters. The Hall–Kier alpha value is -1.06. The highest BCUT2D eigenvalue weighted by Gasteiger charge is 2.52. The number of rotatable bonds is 5. The Morgan fingerprint density at radius 2 is 1.85 bits per heavy atom. The maximum atomic E-state index is 12.8. The maximum Gasteiger partial charge on any atom is 0.246 e. The summed E-state index contributed by atoms with van der Waals surface area (Å²) >= 11 is 0. The van der Waals surface area contributed by atoms with E-state index in [-0.39, 0.29) is 35.7 Å². The molecule has 2 aliphatic rings. The molecule has 1 aliphatic heterocycles. The molecule has 1 saturated carbocycles. The second kappa shape index (κ2) is 5.74. The molecule has 1 saturated heterocycles. The van der Waals surface area contributed by atoms with Crippen LogP contribution < -0.4 is 5.32 Å². The zero-order valence-electron chi connectivity index (χ0n) is 13.3. The van der Waals surface area contributed by atoms with Gasteiger partial charge in [-0.25, -0.2) is 0 Å². The van der Waals surface area contributed by atoms with Crippen LogP contribution in [-0.2, 0) is 9.59 Å². The van der Waals surface area contributed by atoms with Gasteiger partial charge in [0, 0.05) is 6.04 Å². The van der Waals surface area contributed by atoms with Crippen molar-refractivity contribution in [1.82, 2.24) is 10.2 Å². The number of carbonyl (C=O) groups excluding carboxylic acids is 2. The topological polar surface area (TPSA) is 49.4 Å². The van der Waals surface area contributed by atoms with E-state index in [4.69, 9.17) is 0 Å². The van der Waals surface area contributed by atoms with E-state index in [1.165, 1.54) is 0 Å². The van der Waals surface area contributed by atoms with Crippen molar-refractivity contribution in [3.8, 4) is 0 Å². The first-order chi connectivity index (χ1) is 9.38. The van der Waals surface area contributed by atoms with Crippen molar-refractivity contribution < 1.29 is 9.59 Å². The highest BCUT2D eigenvalue weighted by molar-refractivity contribution is 5.97. The van der Waals surface area contributed by atoms with Crippen LogP contribution in [0.3, 0.4) is 0 Å². The van der Waals surface area contributed by atoms with Crippen LogP contribution in [0.5, 0.6) is 0 Å². The molecule has 4 unspecified atom stereocenters. The van der Waals surface area contributed by atoms with Crippen molar-refractivity contribution >= 4 is 11.8 Å². The van der Waals surface area contributed by atoms with Crippen LogP contribution in [0.15, 0.2) is 0 Å². The fourth-order valence-corrected chi connectivity index (χ4v) is 3.42. The van der Waals surface area contributed by atoms with Crippen molar-refractivity contribution in [2.45, 2.75) is 72.0 Å². The molecule has 0 radical (unpaired) electrons. The summed E-state index contributed by atoms with van der Waals surface area (Å²) in [6.45, 7) is 10.2. The van der Waals surface area contributed by atoms with Crippen LogP contribution in [-0.4, -0.2) is 34.8 Å². The lowest BCUT2D eigenvalue weighted by atomic mass is 9.92. The number of hydrogen-bond donors (Lipinski definition) is 1. The average Bonchev–Trinajstić information content (AvgIpc) is 3.09. The summed E-state index contributed by atoms with van der Waals surface area (Å²) in [5.74, 6) is 1.06. The van der Waals surface area contributed by atoms with Gasteiger partial charge >= 0.3 is 0 Å². The Labute approximate surface area is 122 Å². The Balaban J connectivity index is 2.21. The summed E-state index contributed by atoms with van der Waals surface area (Å²) in [5.41, 5.74) is 0. The number of nitrogens with one attached hydrogen (secondary N) is 1. The Morgan fingerprint density at radius 1 is 1.20 bits per heavy atom. The van der Waals surface area contributed by atoms with E-state index in [1.54, 1.807) is 0 Å². The van der Waals surface area contributed by atoms with Crippen molar-refractivity contribution in [3.05, 3.63) is 0 Å². The monoisotopic (exact) mass is 280 g/mol. The lowest BCUT2D eigenvalue weighted by molar-refractivity contribution is -0.153. The molecule has 4 heteroatoms. The minimum Gasteiger partial charge on any atom is -0.342 e. The van der Waals surface area contributed by atoms with E-state index >= 15 is 0 Å². The van der Waals surface area contributed by atoms with Crippen LogP contribution in [0.4, 0.5) is 0 Å². The first-order valence-corrected chi connectivity index (χ1v) is 8.01. The number of nitrogens with zero attached hydrogens (tertiary/aromatic N) is 1. The van der Waals surface area contributed by atoms with E-state index in [0.717, 1.165) is 19.3 Å². The fraction of sp³-hybridized carbons (Fsp3) is 0.875. The Morgan fingerprint density at radius 3 is 2.35 bits per heavy atom. The van der Waals surface area contributed by atoms with Crippen LogP contribution in [0.2, 0.25) is 0 Å². The van der Waals surface area contributed by atoms with Gasteiger partial charge in [-0.2, -0.15) is 0 Å². The maximum absolute atomic E-state index is 12.8. The zero-order valence-corrected chi connectivity index (χ0v) is 13.3. The van der Waals surface area contributed by atoms with Crippen molar-refractivity contribution in [3.63, 3.8) is 0 Å². The quantitative estimate of drug-likeness (QED) is 0.839. The van der Waals surface area contributed by atoms with Gasteiger partial charge in [-0.05, 0) is 30.6 Å². The lowest BCUT2D eigenvalue weighted by Crippen LogP contribution is -2.66. The van der Waals surface area contributed by atoms with Gasteiger partial charge in [0.2, 0.25) is 11.8 Å². The highest BCUT2D eigenvalue weighted by Crippen LogP contribution is 2.42. The van der Waals surface area contributed by atoms with Crippen molar-refractivity contribution in [2.24, 2.45) is 17.8 Å². The Kier molecular flexibility index (Phi) is 4.40. The van der Waals surface area contributed by atoms with Crippen LogP contribution in [0.1, 0.15) is 53.9 Å². The van der Waals surface area contributed by atoms with E-state index in [9.17, 15) is 9.59 Å². The molecule has 1 heterocycles. The highest BCUT2D eigenvalue weighted by atomic mass is 16.2. The molecule has 0 aromatic rings. The van der Waals surface area contributed by atoms with Gasteiger partial charge in [-0.3, -0.25) is 9.59 Å². The van der Waals surface area contributed by atoms with Crippen molar-refractivity contribution in [1.29, 1.82) is 0 Å². The third-order valence-electron chi connectivity index (χ3n) is 4.59. The summed E-state index contributed by atoms with van der Waals surface area (Å²) in [6.07, 6.45) is 3.38. The van der Waals surface area contributed by atoms with Gasteiger partial charge in [0.05, 0.1) is 0 Å². The molecule has 2 fully saturated rings. The number of hydrogen-bond acceptors (Lipinski definition) is 2. The van der Waals surface area contributed by atoms with Gasteiger partial charge in [0.1, 0.15) is 12.1 Å². The van der Waals surface area contributed by atoms with Crippen molar-refractivity contribution in [2.75, 3.05) is 0 Å². The summed E-state index contributed by atoms with van der Waals surface area (Å²) < 4.78 is 0. The van der Waals surface area contributed by atoms with E-state index in [0.29, 0.717) is 12.0 Å². The molecule has 0 spiro atoms. The van der Waals surface area contributed by atoms with Gasteiger partial charge in [-0.1, -0.05) is 41.0 Å². The molecule has 0 aromatic heterocycles. The predicted molar refractivity (Wildman–Crippen MR) is 79.0 cm³/mol. The lowest BCUT2D eigenvalue weighted by Gasteiger charge is -2.42. The molecular weight excluding hydrogens is 252 g/mol. The molecule has 114 valence electrons. The summed E-state index contributed by atoms with van der Waals surface area (Å²) in [7, 11) is 0. The molecule has 1 aliphatic carbocycles. The second-order valence-corrected chi connectivity index (χ2v) is 7.02. The van der Waals surface area contributed by atoms with Gasteiger partial charge in [0.15, 0.2) is 0 Å². The first-order valence-electron chi connectivity index (χ1n) is 8.01. The number of carbonyl (C=O) groups is 2. The predicted octanol–water partition coefficient (Wildman–Crippen LogP) is 2.18. The normalized spacial score (nSPS) is 33.9. The SMILES string of the molecule is CCCC1CC1N1C(=O)C(C(C)C)NC(=O)C1C(C)C. The average molecular weight is 280 g/mol. The number of amides is 2. The van der Waals surface area contributed by atoms with Crippen LogP contribution in [0, 0.1) is 17.8 Å². The molecule has 1 N–H and O–H groups in total. The summed E-state index contributed by atoms with van der Waals surface area (Å²) in [6, 6.07) is -0.341. The first kappa shape index (κ1) is 15.3. The van der Waals surface area contributed by atoms with Gasteiger partial charge in [0.25, 0.3) is 0 Å². The van der Waals surface area contributed by atoms with Gasteiger partial charge in [-0.15, -0.1) is 0 Å². The second-order valence-electron chi connectivity index (χ2n) is 7.02. The number of piperazine rings is 1. The molecule has 0 bridgehead atoms. The largest absolute Gasteiger partial charge is 0.342 e. The third kappa shape index (κ3) is 2.70. The third-order valence-corrected chi connectivity index (χ3v) is 4.59. The summed E-state index contributed by atoms with van der Waals surface area (Å²) in [4.78, 5) is 27.1. The van der Waals surface area contributed by atoms with E-state index < -0.39 is 0 Å².